The Morgan fingerprint density at radius 1 is 1.37 bits per heavy atom. The normalized spacial score (nSPS) is 20.1. The summed E-state index contributed by atoms with van der Waals surface area (Å²) in [6.45, 7) is 3.58. The summed E-state index contributed by atoms with van der Waals surface area (Å²) in [6.07, 6.45) is 10.2. The van der Waals surface area contributed by atoms with Crippen LogP contribution in [0.1, 0.15) is 48.7 Å². The van der Waals surface area contributed by atoms with Gasteiger partial charge in [0.05, 0.1) is 35.8 Å². The highest BCUT2D eigenvalue weighted by atomic mass is 32.1. The molecule has 9 nitrogen and oxygen atoms in total. The van der Waals surface area contributed by atoms with Crippen molar-refractivity contribution in [3.05, 3.63) is 35.5 Å². The van der Waals surface area contributed by atoms with Gasteiger partial charge in [0.25, 0.3) is 0 Å². The maximum atomic E-state index is 9.78. The van der Waals surface area contributed by atoms with Gasteiger partial charge in [-0.3, -0.25) is 4.40 Å². The third kappa shape index (κ3) is 3.66. The zero-order chi connectivity index (χ0) is 20.6. The monoisotopic (exact) mass is 426 g/mol. The van der Waals surface area contributed by atoms with Crippen LogP contribution in [0.2, 0.25) is 0 Å². The fourth-order valence-corrected chi connectivity index (χ4v) is 4.97. The molecule has 5 rings (SSSR count). The first-order chi connectivity index (χ1) is 14.7. The molecule has 158 valence electrons. The van der Waals surface area contributed by atoms with E-state index in [2.05, 4.69) is 39.9 Å². The molecule has 1 saturated carbocycles. The predicted molar refractivity (Wildman–Crippen MR) is 117 cm³/mol. The number of rotatable bonds is 7. The van der Waals surface area contributed by atoms with Crippen molar-refractivity contribution in [2.45, 2.75) is 50.6 Å². The molecule has 4 heterocycles. The van der Waals surface area contributed by atoms with Crippen molar-refractivity contribution in [1.29, 1.82) is 0 Å². The molecule has 0 aromatic carbocycles. The van der Waals surface area contributed by atoms with E-state index >= 15 is 0 Å². The fraction of sp³-hybridized carbons (Fsp3) is 0.500. The molecule has 2 aliphatic rings. The van der Waals surface area contributed by atoms with Crippen LogP contribution >= 0.6 is 11.5 Å². The SMILES string of the molecule is Cc1cn2c(C3C=NNC3)cnc2c(Nc2cc(CNC3(CO)CCCC3)ns2)n1. The van der Waals surface area contributed by atoms with Crippen LogP contribution < -0.4 is 16.1 Å². The van der Waals surface area contributed by atoms with Gasteiger partial charge in [-0.15, -0.1) is 0 Å². The van der Waals surface area contributed by atoms with Gasteiger partial charge in [-0.25, -0.2) is 9.97 Å². The van der Waals surface area contributed by atoms with Crippen LogP contribution in [0.4, 0.5) is 10.8 Å². The Hall–Kier alpha value is -2.56. The number of anilines is 2. The lowest BCUT2D eigenvalue weighted by Gasteiger charge is -2.27. The zero-order valence-corrected chi connectivity index (χ0v) is 17.7. The number of hydrogen-bond acceptors (Lipinski definition) is 9. The third-order valence-electron chi connectivity index (χ3n) is 5.99. The molecule has 0 radical (unpaired) electrons. The molecule has 0 saturated heterocycles. The van der Waals surface area contributed by atoms with Gasteiger partial charge in [0.15, 0.2) is 11.5 Å². The lowest BCUT2D eigenvalue weighted by atomic mass is 9.99. The first-order valence-corrected chi connectivity index (χ1v) is 11.1. The van der Waals surface area contributed by atoms with Gasteiger partial charge in [-0.2, -0.15) is 9.47 Å². The van der Waals surface area contributed by atoms with Crippen LogP contribution in [0.5, 0.6) is 0 Å². The minimum Gasteiger partial charge on any atom is -0.394 e. The number of fused-ring (bicyclic) bond motifs is 1. The fourth-order valence-electron chi connectivity index (χ4n) is 4.30. The number of hydrogen-bond donors (Lipinski definition) is 4. The molecular formula is C20H26N8OS. The molecule has 0 amide bonds. The quantitative estimate of drug-likeness (QED) is 0.459. The van der Waals surface area contributed by atoms with E-state index in [4.69, 9.17) is 0 Å². The van der Waals surface area contributed by atoms with Crippen LogP contribution in [0.3, 0.4) is 0 Å². The maximum Gasteiger partial charge on any atom is 0.180 e. The van der Waals surface area contributed by atoms with E-state index in [1.54, 1.807) is 0 Å². The number of nitrogens with zero attached hydrogens (tertiary/aromatic N) is 5. The van der Waals surface area contributed by atoms with Crippen molar-refractivity contribution in [2.24, 2.45) is 5.10 Å². The van der Waals surface area contributed by atoms with Crippen molar-refractivity contribution < 1.29 is 5.11 Å². The van der Waals surface area contributed by atoms with Crippen LogP contribution in [-0.4, -0.2) is 48.8 Å². The standard InChI is InChI=1S/C20H26N8OS/c1-13-11-28-16(14-7-23-24-8-14)10-21-19(28)18(25-13)26-17-6-15(27-30-17)9-22-20(12-29)4-2-3-5-20/h6-7,10-11,14,22,24,29H,2-5,8-9,12H2,1H3,(H,25,26). The number of aryl methyl sites for hydroxylation is 1. The van der Waals surface area contributed by atoms with Crippen LogP contribution in [-0.2, 0) is 6.54 Å². The minimum absolute atomic E-state index is 0.147. The van der Waals surface area contributed by atoms with Gasteiger partial charge < -0.3 is 21.2 Å². The molecule has 30 heavy (non-hydrogen) atoms. The molecule has 0 spiro atoms. The number of imidazole rings is 1. The lowest BCUT2D eigenvalue weighted by Crippen LogP contribution is -2.45. The Morgan fingerprint density at radius 2 is 2.23 bits per heavy atom. The molecule has 3 aromatic rings. The Kier molecular flexibility index (Phi) is 5.13. The van der Waals surface area contributed by atoms with E-state index < -0.39 is 0 Å². The topological polar surface area (TPSA) is 112 Å². The van der Waals surface area contributed by atoms with Crippen molar-refractivity contribution >= 4 is 34.2 Å². The summed E-state index contributed by atoms with van der Waals surface area (Å²) in [5.74, 6) is 0.917. The number of aromatic nitrogens is 4. The minimum atomic E-state index is -0.147. The van der Waals surface area contributed by atoms with E-state index in [1.165, 1.54) is 24.4 Å². The molecule has 1 atom stereocenters. The third-order valence-corrected chi connectivity index (χ3v) is 6.73. The lowest BCUT2D eigenvalue weighted by molar-refractivity contribution is 0.162. The Balaban J connectivity index is 1.34. The van der Waals surface area contributed by atoms with Crippen molar-refractivity contribution in [2.75, 3.05) is 18.5 Å². The Labute approximate surface area is 178 Å². The van der Waals surface area contributed by atoms with E-state index in [0.717, 1.165) is 52.9 Å². The molecule has 10 heteroatoms. The molecule has 1 aliphatic carbocycles. The zero-order valence-electron chi connectivity index (χ0n) is 16.9. The Bertz CT molecular complexity index is 1070. The van der Waals surface area contributed by atoms with Crippen molar-refractivity contribution in [3.63, 3.8) is 0 Å². The van der Waals surface area contributed by atoms with Gasteiger partial charge in [0, 0.05) is 31.0 Å². The van der Waals surface area contributed by atoms with Gasteiger partial charge in [0.1, 0.15) is 5.00 Å². The second kappa shape index (κ2) is 7.93. The summed E-state index contributed by atoms with van der Waals surface area (Å²) in [4.78, 5) is 9.27. The largest absolute Gasteiger partial charge is 0.394 e. The summed E-state index contributed by atoms with van der Waals surface area (Å²) < 4.78 is 6.65. The van der Waals surface area contributed by atoms with Gasteiger partial charge in [-0.05, 0) is 37.4 Å². The average Bonchev–Trinajstić information content (AvgIpc) is 3.52. The van der Waals surface area contributed by atoms with Gasteiger partial charge in [-0.1, -0.05) is 12.8 Å². The highest BCUT2D eigenvalue weighted by molar-refractivity contribution is 7.10. The predicted octanol–water partition coefficient (Wildman–Crippen LogP) is 2.31. The number of hydrazone groups is 1. The molecule has 3 aromatic heterocycles. The van der Waals surface area contributed by atoms with Crippen LogP contribution in [0, 0.1) is 6.92 Å². The number of aliphatic hydroxyl groups is 1. The molecule has 1 fully saturated rings. The first kappa shape index (κ1) is 19.4. The Morgan fingerprint density at radius 3 is 3.00 bits per heavy atom. The highest BCUT2D eigenvalue weighted by Crippen LogP contribution is 2.30. The molecule has 0 bridgehead atoms. The number of aliphatic hydroxyl groups excluding tert-OH is 1. The summed E-state index contributed by atoms with van der Waals surface area (Å²) >= 11 is 1.41. The molecular weight excluding hydrogens is 400 g/mol. The van der Waals surface area contributed by atoms with E-state index in [1.807, 2.05) is 31.6 Å². The summed E-state index contributed by atoms with van der Waals surface area (Å²) in [7, 11) is 0. The first-order valence-electron chi connectivity index (χ1n) is 10.3. The van der Waals surface area contributed by atoms with Crippen LogP contribution in [0.15, 0.2) is 23.6 Å². The van der Waals surface area contributed by atoms with Gasteiger partial charge in [0.2, 0.25) is 0 Å². The highest BCUT2D eigenvalue weighted by Gasteiger charge is 2.32. The van der Waals surface area contributed by atoms with Crippen molar-refractivity contribution in [3.8, 4) is 0 Å². The number of nitrogens with one attached hydrogen (secondary N) is 3. The smallest absolute Gasteiger partial charge is 0.180 e. The summed E-state index contributed by atoms with van der Waals surface area (Å²) in [5, 5.41) is 21.8. The molecule has 4 N–H and O–H groups in total. The van der Waals surface area contributed by atoms with Gasteiger partial charge >= 0.3 is 0 Å². The summed E-state index contributed by atoms with van der Waals surface area (Å²) in [5.41, 5.74) is 6.60. The van der Waals surface area contributed by atoms with Crippen LogP contribution in [0.25, 0.3) is 5.65 Å². The molecule has 1 unspecified atom stereocenters. The van der Waals surface area contributed by atoms with E-state index in [-0.39, 0.29) is 18.1 Å². The maximum absolute atomic E-state index is 9.78. The summed E-state index contributed by atoms with van der Waals surface area (Å²) in [6, 6.07) is 2.04. The van der Waals surface area contributed by atoms with E-state index in [0.29, 0.717) is 6.54 Å². The van der Waals surface area contributed by atoms with Crippen molar-refractivity contribution in [1.82, 2.24) is 29.5 Å². The second-order valence-corrected chi connectivity index (χ2v) is 8.97. The van der Waals surface area contributed by atoms with E-state index in [9.17, 15) is 5.11 Å². The second-order valence-electron chi connectivity index (χ2n) is 8.16. The molecule has 1 aliphatic heterocycles. The average molecular weight is 427 g/mol.